The van der Waals surface area contributed by atoms with Crippen molar-refractivity contribution in [2.45, 2.75) is 95.5 Å². The Morgan fingerprint density at radius 2 is 1.74 bits per heavy atom. The molecule has 4 heterocycles. The SMILES string of the molecule is CC1(C)O[C@H]2CN([C@H]3C[C@@H](CO[C@H]4CC[C@H](C)CC4)N(C(=O)Cc4cc(Cl)c(NC(=O)c5csc6ccccc56)cc4Cl)C3)C[C@H]2O1. The predicted molar refractivity (Wildman–Crippen MR) is 187 cm³/mol. The normalized spacial score (nSPS) is 29.0. The Labute approximate surface area is 290 Å². The molecule has 2 aromatic carbocycles. The lowest BCUT2D eigenvalue weighted by atomic mass is 9.89. The number of fused-ring (bicyclic) bond motifs is 2. The molecule has 3 saturated heterocycles. The van der Waals surface area contributed by atoms with Gasteiger partial charge >= 0.3 is 0 Å². The Morgan fingerprint density at radius 3 is 2.49 bits per heavy atom. The smallest absolute Gasteiger partial charge is 0.257 e. The summed E-state index contributed by atoms with van der Waals surface area (Å²) in [6.45, 7) is 8.98. The summed E-state index contributed by atoms with van der Waals surface area (Å²) in [7, 11) is 0. The lowest BCUT2D eigenvalue weighted by Gasteiger charge is -2.30. The van der Waals surface area contributed by atoms with Crippen molar-refractivity contribution in [1.29, 1.82) is 0 Å². The number of rotatable bonds is 8. The first-order valence-electron chi connectivity index (χ1n) is 16.8. The third-order valence-corrected chi connectivity index (χ3v) is 11.9. The molecule has 4 atom stereocenters. The minimum Gasteiger partial charge on any atom is -0.376 e. The fraction of sp³-hybridized carbons (Fsp3) is 0.556. The van der Waals surface area contributed by atoms with Crippen LogP contribution in [-0.4, -0.2) is 84.0 Å². The molecule has 1 N–H and O–H groups in total. The van der Waals surface area contributed by atoms with Gasteiger partial charge in [0.05, 0.1) is 41.4 Å². The van der Waals surface area contributed by atoms with Gasteiger partial charge in [-0.15, -0.1) is 11.3 Å². The number of halogens is 2. The highest BCUT2D eigenvalue weighted by molar-refractivity contribution is 7.17. The average Bonchev–Trinajstić information content (AvgIpc) is 3.80. The molecular weight excluding hydrogens is 657 g/mol. The molecule has 4 fully saturated rings. The Balaban J connectivity index is 1.03. The van der Waals surface area contributed by atoms with Crippen molar-refractivity contribution in [1.82, 2.24) is 9.80 Å². The lowest BCUT2D eigenvalue weighted by Crippen LogP contribution is -2.42. The van der Waals surface area contributed by atoms with E-state index in [2.05, 4.69) is 17.1 Å². The summed E-state index contributed by atoms with van der Waals surface area (Å²) in [5.41, 5.74) is 1.62. The molecule has 7 rings (SSSR count). The van der Waals surface area contributed by atoms with Crippen LogP contribution in [-0.2, 0) is 25.4 Å². The molecule has 0 radical (unpaired) electrons. The van der Waals surface area contributed by atoms with Crippen LogP contribution in [0.4, 0.5) is 5.69 Å². The molecular formula is C36H43Cl2N3O5S. The Bertz CT molecular complexity index is 1620. The van der Waals surface area contributed by atoms with Gasteiger partial charge in [0.1, 0.15) is 12.2 Å². The van der Waals surface area contributed by atoms with E-state index in [1.807, 2.05) is 48.4 Å². The number of thiophene rings is 1. The number of amides is 2. The van der Waals surface area contributed by atoms with Gasteiger partial charge in [-0.1, -0.05) is 48.3 Å². The Hall–Kier alpha value is -2.24. The van der Waals surface area contributed by atoms with E-state index in [9.17, 15) is 9.59 Å². The highest BCUT2D eigenvalue weighted by Crippen LogP contribution is 2.37. The monoisotopic (exact) mass is 699 g/mol. The van der Waals surface area contributed by atoms with Crippen LogP contribution in [0, 0.1) is 5.92 Å². The molecule has 0 unspecified atom stereocenters. The number of hydrogen-bond acceptors (Lipinski definition) is 7. The summed E-state index contributed by atoms with van der Waals surface area (Å²) in [5.74, 6) is -0.0667. The van der Waals surface area contributed by atoms with E-state index in [0.29, 0.717) is 40.0 Å². The van der Waals surface area contributed by atoms with E-state index in [0.717, 1.165) is 48.4 Å². The van der Waals surface area contributed by atoms with E-state index >= 15 is 0 Å². The van der Waals surface area contributed by atoms with Crippen molar-refractivity contribution >= 4 is 62.1 Å². The van der Waals surface area contributed by atoms with Crippen LogP contribution in [0.5, 0.6) is 0 Å². The second kappa shape index (κ2) is 13.6. The van der Waals surface area contributed by atoms with Crippen LogP contribution in [0.2, 0.25) is 10.0 Å². The van der Waals surface area contributed by atoms with Crippen molar-refractivity contribution in [2.24, 2.45) is 5.92 Å². The maximum Gasteiger partial charge on any atom is 0.257 e. The fourth-order valence-corrected chi connectivity index (χ4v) is 9.15. The number of carbonyl (C=O) groups is 2. The second-order valence-electron chi connectivity index (χ2n) is 14.2. The van der Waals surface area contributed by atoms with Gasteiger partial charge in [0.15, 0.2) is 5.79 Å². The highest BCUT2D eigenvalue weighted by atomic mass is 35.5. The van der Waals surface area contributed by atoms with Crippen molar-refractivity contribution in [2.75, 3.05) is 31.6 Å². The van der Waals surface area contributed by atoms with E-state index < -0.39 is 5.79 Å². The Morgan fingerprint density at radius 1 is 1.02 bits per heavy atom. The van der Waals surface area contributed by atoms with Gasteiger partial charge in [0.2, 0.25) is 5.91 Å². The molecule has 1 saturated carbocycles. The molecule has 1 aliphatic carbocycles. The van der Waals surface area contributed by atoms with E-state index in [-0.39, 0.29) is 48.6 Å². The molecule has 252 valence electrons. The molecule has 0 spiro atoms. The molecule has 3 aliphatic heterocycles. The second-order valence-corrected chi connectivity index (χ2v) is 15.9. The van der Waals surface area contributed by atoms with Crippen LogP contribution < -0.4 is 5.32 Å². The predicted octanol–water partition coefficient (Wildman–Crippen LogP) is 7.40. The van der Waals surface area contributed by atoms with Crippen molar-refractivity contribution < 1.29 is 23.8 Å². The molecule has 0 bridgehead atoms. The highest BCUT2D eigenvalue weighted by Gasteiger charge is 2.50. The topological polar surface area (TPSA) is 80.3 Å². The first kappa shape index (κ1) is 33.3. The quantitative estimate of drug-likeness (QED) is 0.264. The van der Waals surface area contributed by atoms with E-state index in [1.54, 1.807) is 12.1 Å². The zero-order valence-corrected chi connectivity index (χ0v) is 29.5. The van der Waals surface area contributed by atoms with Gasteiger partial charge in [-0.25, -0.2) is 0 Å². The molecule has 8 nitrogen and oxygen atoms in total. The first-order valence-corrected chi connectivity index (χ1v) is 18.4. The summed E-state index contributed by atoms with van der Waals surface area (Å²) < 4.78 is 19.8. The van der Waals surface area contributed by atoms with Gasteiger partial charge in [-0.3, -0.25) is 14.5 Å². The maximum absolute atomic E-state index is 14.0. The van der Waals surface area contributed by atoms with Crippen LogP contribution in [0.1, 0.15) is 68.8 Å². The number of nitrogens with one attached hydrogen (secondary N) is 1. The summed E-state index contributed by atoms with van der Waals surface area (Å²) in [4.78, 5) is 31.6. The number of likely N-dealkylation sites (tertiary alicyclic amines) is 2. The van der Waals surface area contributed by atoms with Gasteiger partial charge in [-0.05, 0) is 75.6 Å². The zero-order chi connectivity index (χ0) is 32.9. The average molecular weight is 701 g/mol. The van der Waals surface area contributed by atoms with E-state index in [1.165, 1.54) is 24.2 Å². The minimum atomic E-state index is -0.551. The summed E-state index contributed by atoms with van der Waals surface area (Å²) in [5, 5.41) is 6.37. The zero-order valence-electron chi connectivity index (χ0n) is 27.2. The summed E-state index contributed by atoms with van der Waals surface area (Å²) >= 11 is 14.9. The van der Waals surface area contributed by atoms with Crippen molar-refractivity contribution in [3.8, 4) is 0 Å². The standard InChI is InChI=1S/C36H43Cl2N3O5S/c1-21-8-10-25(11-9-21)44-19-24-14-23(40-17-31-32(18-40)46-36(2,3)45-31)16-41(24)34(42)13-22-12-29(38)30(15-28(22)37)39-35(43)27-20-47-33-7-5-4-6-26(27)33/h4-7,12,15,20-21,23-25,31-32H,8-11,13-14,16-19H2,1-3H3,(H,39,43)/t21-,23-,24-,25-,31-,32+/m0/s1. The van der Waals surface area contributed by atoms with Crippen LogP contribution >= 0.6 is 34.5 Å². The minimum absolute atomic E-state index is 0.00844. The van der Waals surface area contributed by atoms with Crippen LogP contribution in [0.3, 0.4) is 0 Å². The largest absolute Gasteiger partial charge is 0.376 e. The van der Waals surface area contributed by atoms with Crippen molar-refractivity contribution in [3.05, 3.63) is 63.0 Å². The van der Waals surface area contributed by atoms with Crippen LogP contribution in [0.15, 0.2) is 41.8 Å². The third kappa shape index (κ3) is 7.23. The number of ether oxygens (including phenoxy) is 3. The lowest BCUT2D eigenvalue weighted by molar-refractivity contribution is -0.156. The maximum atomic E-state index is 14.0. The number of hydrogen-bond donors (Lipinski definition) is 1. The van der Waals surface area contributed by atoms with Gasteiger partial charge in [0, 0.05) is 46.2 Å². The third-order valence-electron chi connectivity index (χ3n) is 10.3. The summed E-state index contributed by atoms with van der Waals surface area (Å²) in [6.07, 6.45) is 5.82. The molecule has 4 aliphatic rings. The van der Waals surface area contributed by atoms with Gasteiger partial charge in [0.25, 0.3) is 5.91 Å². The van der Waals surface area contributed by atoms with E-state index in [4.69, 9.17) is 37.4 Å². The Kier molecular flexibility index (Phi) is 9.61. The fourth-order valence-electron chi connectivity index (χ4n) is 7.74. The first-order chi connectivity index (χ1) is 22.5. The molecule has 2 amide bonds. The molecule has 11 heteroatoms. The van der Waals surface area contributed by atoms with Crippen molar-refractivity contribution in [3.63, 3.8) is 0 Å². The summed E-state index contributed by atoms with van der Waals surface area (Å²) in [6, 6.07) is 11.3. The molecule has 3 aromatic rings. The van der Waals surface area contributed by atoms with Gasteiger partial charge in [-0.2, -0.15) is 0 Å². The number of carbonyl (C=O) groups excluding carboxylic acids is 2. The van der Waals surface area contributed by atoms with Gasteiger partial charge < -0.3 is 24.4 Å². The number of anilines is 1. The number of benzene rings is 2. The number of nitrogens with zero attached hydrogens (tertiary/aromatic N) is 2. The molecule has 47 heavy (non-hydrogen) atoms. The molecule has 1 aromatic heterocycles. The van der Waals surface area contributed by atoms with Crippen LogP contribution in [0.25, 0.3) is 10.1 Å².